The summed E-state index contributed by atoms with van der Waals surface area (Å²) in [4.78, 5) is 12.0. The molecule has 0 aromatic rings. The van der Waals surface area contributed by atoms with E-state index in [1.807, 2.05) is 0 Å². The zero-order valence-corrected chi connectivity index (χ0v) is 18.7. The average Bonchev–Trinajstić information content (AvgIpc) is 2.51. The van der Waals surface area contributed by atoms with Crippen LogP contribution in [-0.4, -0.2) is 39.5 Å². The molecular weight excluding hydrogens is 371 g/mol. The van der Waals surface area contributed by atoms with Gasteiger partial charge in [-0.15, -0.1) is 0 Å². The molecule has 0 aliphatic heterocycles. The molecule has 0 fully saturated rings. The first-order chi connectivity index (χ1) is 9.45. The molecule has 0 aromatic carbocycles. The predicted octanol–water partition coefficient (Wildman–Crippen LogP) is 5.48. The van der Waals surface area contributed by atoms with Gasteiger partial charge in [0.2, 0.25) is 0 Å². The first-order valence-electron chi connectivity index (χ1n) is 8.52. The van der Waals surface area contributed by atoms with Crippen LogP contribution in [0.25, 0.3) is 0 Å². The quantitative estimate of drug-likeness (QED) is 0.354. The molecule has 0 aliphatic carbocycles. The van der Waals surface area contributed by atoms with Gasteiger partial charge in [-0.25, -0.2) is 0 Å². The number of ether oxygens (including phenoxy) is 1. The normalized spacial score (nSPS) is 14.2. The first kappa shape index (κ1) is 20.5. The van der Waals surface area contributed by atoms with Crippen molar-refractivity contribution in [3.8, 4) is 0 Å². The van der Waals surface area contributed by atoms with E-state index in [-0.39, 0.29) is 5.97 Å². The maximum atomic E-state index is 12.0. The van der Waals surface area contributed by atoms with Crippen molar-refractivity contribution in [2.45, 2.75) is 83.0 Å². The van der Waals surface area contributed by atoms with Crippen LogP contribution in [0.3, 0.4) is 0 Å². The zero-order valence-electron chi connectivity index (χ0n) is 14.8. The van der Waals surface area contributed by atoms with E-state index < -0.39 is 26.5 Å². The topological polar surface area (TPSA) is 26.3 Å². The molecule has 0 amide bonds. The summed E-state index contributed by atoms with van der Waals surface area (Å²) in [6, 6.07) is 4.00. The summed E-state index contributed by atoms with van der Waals surface area (Å²) < 4.78 is 9.98. The fraction of sp³-hybridized carbons (Fsp3) is 0.938. The third-order valence-electron chi connectivity index (χ3n) is 6.30. The summed E-state index contributed by atoms with van der Waals surface area (Å²) in [5.41, 5.74) is 0. The molecule has 2 nitrogen and oxygen atoms in total. The van der Waals surface area contributed by atoms with E-state index in [4.69, 9.17) is 4.74 Å². The molecule has 0 rings (SSSR count). The maximum absolute atomic E-state index is 12.0. The third kappa shape index (κ3) is 4.25. The van der Waals surface area contributed by atoms with Crippen molar-refractivity contribution in [1.82, 2.24) is 0 Å². The van der Waals surface area contributed by atoms with E-state index in [1.54, 1.807) is 7.11 Å². The Hall–Kier alpha value is 0.486. The summed E-state index contributed by atoms with van der Waals surface area (Å²) in [5, 5.41) is 0. The Labute approximate surface area is 131 Å². The third-order valence-corrected chi connectivity index (χ3v) is 38.4. The van der Waals surface area contributed by atoms with E-state index >= 15 is 0 Å². The van der Waals surface area contributed by atoms with Gasteiger partial charge in [0.1, 0.15) is 0 Å². The van der Waals surface area contributed by atoms with E-state index in [2.05, 4.69) is 41.5 Å². The van der Waals surface area contributed by atoms with Gasteiger partial charge >= 0.3 is 132 Å². The van der Waals surface area contributed by atoms with Crippen LogP contribution in [-0.2, 0) is 9.53 Å². The molecular formula is C16H36O2SiSn. The predicted molar refractivity (Wildman–Crippen MR) is 94.8 cm³/mol. The van der Waals surface area contributed by atoms with Crippen molar-refractivity contribution in [2.24, 2.45) is 0 Å². The van der Waals surface area contributed by atoms with Gasteiger partial charge in [0.05, 0.1) is 0 Å². The molecule has 20 heavy (non-hydrogen) atoms. The summed E-state index contributed by atoms with van der Waals surface area (Å²) in [6.45, 7) is 14.3. The molecule has 120 valence electrons. The van der Waals surface area contributed by atoms with Crippen molar-refractivity contribution < 1.29 is 9.53 Å². The molecule has 0 radical (unpaired) electrons. The first-order valence-corrected chi connectivity index (χ1v) is 18.9. The van der Waals surface area contributed by atoms with E-state index in [9.17, 15) is 4.79 Å². The number of esters is 1. The van der Waals surface area contributed by atoms with Crippen molar-refractivity contribution in [3.05, 3.63) is 0 Å². The van der Waals surface area contributed by atoms with E-state index in [1.165, 1.54) is 31.4 Å². The molecule has 0 spiro atoms. The number of methoxy groups -OCH3 is 1. The van der Waals surface area contributed by atoms with Crippen LogP contribution in [0, 0.1) is 0 Å². The van der Waals surface area contributed by atoms with Crippen LogP contribution in [0.2, 0.25) is 35.0 Å². The van der Waals surface area contributed by atoms with Gasteiger partial charge in [-0.05, 0) is 0 Å². The molecule has 0 saturated carbocycles. The summed E-state index contributed by atoms with van der Waals surface area (Å²) in [6.07, 6.45) is 0.726. The van der Waals surface area contributed by atoms with E-state index in [0.717, 1.165) is 9.98 Å². The molecule has 0 aromatic heterocycles. The SMILES string of the molecule is CC[Si](CC)(CC)[CH](CC(=O)OC)[Sn]([CH2]C)([CH2]C)[CH2]C. The summed E-state index contributed by atoms with van der Waals surface area (Å²) in [7, 11) is 0.217. The summed E-state index contributed by atoms with van der Waals surface area (Å²) >= 11 is -2.23. The van der Waals surface area contributed by atoms with Gasteiger partial charge in [0.15, 0.2) is 0 Å². The second-order valence-corrected chi connectivity index (χ2v) is 29.2. The fourth-order valence-electron chi connectivity index (χ4n) is 4.31. The van der Waals surface area contributed by atoms with E-state index in [0.29, 0.717) is 0 Å². The molecule has 1 unspecified atom stereocenters. The second kappa shape index (κ2) is 9.49. The molecule has 0 N–H and O–H groups in total. The fourth-order valence-corrected chi connectivity index (χ4v) is 39.9. The van der Waals surface area contributed by atoms with Crippen LogP contribution in [0.15, 0.2) is 0 Å². The molecule has 0 aliphatic rings. The van der Waals surface area contributed by atoms with Crippen LogP contribution in [0.4, 0.5) is 0 Å². The summed E-state index contributed by atoms with van der Waals surface area (Å²) in [5.74, 6) is 0.0404. The Kier molecular flexibility index (Phi) is 9.72. The molecule has 0 bridgehead atoms. The van der Waals surface area contributed by atoms with Gasteiger partial charge in [-0.2, -0.15) is 0 Å². The zero-order chi connectivity index (χ0) is 15.8. The Morgan fingerprint density at radius 2 is 1.35 bits per heavy atom. The van der Waals surface area contributed by atoms with Crippen LogP contribution in [0.1, 0.15) is 48.0 Å². The van der Waals surface area contributed by atoms with Gasteiger partial charge in [0.25, 0.3) is 0 Å². The number of hydrogen-bond acceptors (Lipinski definition) is 2. The number of carbonyl (C=O) groups is 1. The van der Waals surface area contributed by atoms with Crippen LogP contribution >= 0.6 is 0 Å². The monoisotopic (exact) mass is 408 g/mol. The van der Waals surface area contributed by atoms with Gasteiger partial charge in [0, 0.05) is 0 Å². The molecule has 1 atom stereocenters. The molecule has 4 heteroatoms. The molecule has 0 heterocycles. The van der Waals surface area contributed by atoms with Crippen molar-refractivity contribution in [1.29, 1.82) is 0 Å². The van der Waals surface area contributed by atoms with Gasteiger partial charge < -0.3 is 0 Å². The number of hydrogen-bond donors (Lipinski definition) is 0. The second-order valence-electron chi connectivity index (χ2n) is 6.18. The van der Waals surface area contributed by atoms with Gasteiger partial charge in [-0.3, -0.25) is 0 Å². The Morgan fingerprint density at radius 1 is 0.950 bits per heavy atom. The Bertz CT molecular complexity index is 250. The Balaban J connectivity index is 5.72. The number of carbonyl (C=O) groups excluding carboxylic acids is 1. The Morgan fingerprint density at radius 3 is 1.60 bits per heavy atom. The molecule has 0 saturated heterocycles. The van der Waals surface area contributed by atoms with Crippen LogP contribution in [0.5, 0.6) is 0 Å². The standard InChI is InChI=1S/C10H21O2Si.3C2H5.Sn/c1-5-13(6-2,7-3)9-8-10(11)12-4;3*1-2;/h9H,5-8H2,1-4H3;3*1H2,2H3;. The minimum atomic E-state index is -2.23. The minimum absolute atomic E-state index is 0.0404. The number of rotatable bonds is 10. The van der Waals surface area contributed by atoms with Crippen molar-refractivity contribution in [2.75, 3.05) is 7.11 Å². The van der Waals surface area contributed by atoms with Gasteiger partial charge in [-0.1, -0.05) is 0 Å². The van der Waals surface area contributed by atoms with Crippen LogP contribution < -0.4 is 0 Å². The van der Waals surface area contributed by atoms with Crippen molar-refractivity contribution in [3.63, 3.8) is 0 Å². The average molecular weight is 407 g/mol. The van der Waals surface area contributed by atoms with Crippen molar-refractivity contribution >= 4 is 32.4 Å².